The number of nitrogens with zero attached hydrogens (tertiary/aromatic N) is 2. The van der Waals surface area contributed by atoms with E-state index < -0.39 is 0 Å². The predicted octanol–water partition coefficient (Wildman–Crippen LogP) is 0.504. The summed E-state index contributed by atoms with van der Waals surface area (Å²) in [6.07, 6.45) is 4.03. The van der Waals surface area contributed by atoms with Gasteiger partial charge in [0.15, 0.2) is 0 Å². The molecule has 3 nitrogen and oxygen atoms in total. The summed E-state index contributed by atoms with van der Waals surface area (Å²) >= 11 is 0. The van der Waals surface area contributed by atoms with Gasteiger partial charge in [0.2, 0.25) is 0 Å². The minimum Gasteiger partial charge on any atom is -0.329 e. The van der Waals surface area contributed by atoms with Gasteiger partial charge >= 0.3 is 0 Å². The van der Waals surface area contributed by atoms with Crippen molar-refractivity contribution in [3.05, 3.63) is 0 Å². The first-order valence-corrected chi connectivity index (χ1v) is 5.87. The highest BCUT2D eigenvalue weighted by molar-refractivity contribution is 5.03. The second-order valence-electron chi connectivity index (χ2n) is 4.93. The Morgan fingerprint density at radius 2 is 2.21 bits per heavy atom. The third-order valence-corrected chi connectivity index (χ3v) is 3.84. The van der Waals surface area contributed by atoms with Crippen LogP contribution in [0, 0.1) is 0 Å². The van der Waals surface area contributed by atoms with Crippen molar-refractivity contribution >= 4 is 0 Å². The summed E-state index contributed by atoms with van der Waals surface area (Å²) in [6.45, 7) is 6.62. The summed E-state index contributed by atoms with van der Waals surface area (Å²) in [5, 5.41) is 0. The average Bonchev–Trinajstić information content (AvgIpc) is 2.93. The van der Waals surface area contributed by atoms with Gasteiger partial charge in [-0.15, -0.1) is 0 Å². The summed E-state index contributed by atoms with van der Waals surface area (Å²) in [7, 11) is 2.21. The zero-order valence-electron chi connectivity index (χ0n) is 9.50. The van der Waals surface area contributed by atoms with E-state index in [0.717, 1.165) is 25.7 Å². The maximum absolute atomic E-state index is 6.00. The third-order valence-electron chi connectivity index (χ3n) is 3.84. The topological polar surface area (TPSA) is 32.5 Å². The smallest absolute Gasteiger partial charge is 0.0473 e. The molecule has 2 fully saturated rings. The van der Waals surface area contributed by atoms with Gasteiger partial charge < -0.3 is 10.6 Å². The molecule has 1 unspecified atom stereocenters. The highest BCUT2D eigenvalue weighted by atomic mass is 15.3. The standard InChI is InChI=1S/C11H23N3/c1-3-14(10-4-5-10)11(8-12)6-7-13(2)9-11/h10H,3-9,12H2,1-2H3. The molecule has 0 aromatic heterocycles. The van der Waals surface area contributed by atoms with Gasteiger partial charge in [-0.3, -0.25) is 4.90 Å². The first-order chi connectivity index (χ1) is 6.72. The lowest BCUT2D eigenvalue weighted by atomic mass is 9.95. The lowest BCUT2D eigenvalue weighted by Gasteiger charge is -2.40. The van der Waals surface area contributed by atoms with E-state index >= 15 is 0 Å². The Hall–Kier alpha value is -0.120. The van der Waals surface area contributed by atoms with E-state index in [2.05, 4.69) is 23.8 Å². The number of hydrogen-bond donors (Lipinski definition) is 1. The molecule has 1 saturated carbocycles. The van der Waals surface area contributed by atoms with Crippen molar-refractivity contribution < 1.29 is 0 Å². The van der Waals surface area contributed by atoms with Crippen molar-refractivity contribution in [1.82, 2.24) is 9.80 Å². The Morgan fingerprint density at radius 1 is 1.50 bits per heavy atom. The van der Waals surface area contributed by atoms with Crippen LogP contribution in [-0.4, -0.2) is 54.6 Å². The fraction of sp³-hybridized carbons (Fsp3) is 1.00. The molecule has 0 amide bonds. The van der Waals surface area contributed by atoms with E-state index in [1.807, 2.05) is 0 Å². The first-order valence-electron chi connectivity index (χ1n) is 5.87. The lowest BCUT2D eigenvalue weighted by Crippen LogP contribution is -2.56. The number of nitrogens with two attached hydrogens (primary N) is 1. The van der Waals surface area contributed by atoms with Crippen molar-refractivity contribution in [3.8, 4) is 0 Å². The Kier molecular flexibility index (Phi) is 2.82. The fourth-order valence-electron chi connectivity index (χ4n) is 2.94. The van der Waals surface area contributed by atoms with Crippen LogP contribution < -0.4 is 5.73 Å². The SMILES string of the molecule is CCN(C1CC1)C1(CN)CCN(C)C1. The van der Waals surface area contributed by atoms with Crippen molar-refractivity contribution in [1.29, 1.82) is 0 Å². The van der Waals surface area contributed by atoms with Gasteiger partial charge in [-0.1, -0.05) is 6.92 Å². The monoisotopic (exact) mass is 197 g/mol. The number of likely N-dealkylation sites (N-methyl/N-ethyl adjacent to an activating group) is 2. The lowest BCUT2D eigenvalue weighted by molar-refractivity contribution is 0.0990. The summed E-state index contributed by atoms with van der Waals surface area (Å²) in [6, 6.07) is 0.843. The van der Waals surface area contributed by atoms with Crippen molar-refractivity contribution in [2.24, 2.45) is 5.73 Å². The van der Waals surface area contributed by atoms with E-state index in [0.29, 0.717) is 5.54 Å². The van der Waals surface area contributed by atoms with Crippen LogP contribution in [0.5, 0.6) is 0 Å². The summed E-state index contributed by atoms with van der Waals surface area (Å²) < 4.78 is 0. The maximum atomic E-state index is 6.00. The highest BCUT2D eigenvalue weighted by Gasteiger charge is 2.45. The fourth-order valence-corrected chi connectivity index (χ4v) is 2.94. The zero-order chi connectivity index (χ0) is 10.2. The van der Waals surface area contributed by atoms with Crippen molar-refractivity contribution in [3.63, 3.8) is 0 Å². The van der Waals surface area contributed by atoms with E-state index in [9.17, 15) is 0 Å². The number of hydrogen-bond acceptors (Lipinski definition) is 3. The molecule has 14 heavy (non-hydrogen) atoms. The van der Waals surface area contributed by atoms with E-state index in [-0.39, 0.29) is 0 Å². The Morgan fingerprint density at radius 3 is 2.57 bits per heavy atom. The van der Waals surface area contributed by atoms with Crippen LogP contribution in [0.3, 0.4) is 0 Å². The molecule has 1 saturated heterocycles. The molecule has 0 bridgehead atoms. The van der Waals surface area contributed by atoms with Crippen LogP contribution in [0.1, 0.15) is 26.2 Å². The van der Waals surface area contributed by atoms with Crippen LogP contribution in [0.25, 0.3) is 0 Å². The minimum atomic E-state index is 0.296. The van der Waals surface area contributed by atoms with E-state index in [4.69, 9.17) is 5.73 Å². The van der Waals surface area contributed by atoms with Gasteiger partial charge in [0.25, 0.3) is 0 Å². The highest BCUT2D eigenvalue weighted by Crippen LogP contribution is 2.36. The van der Waals surface area contributed by atoms with Crippen LogP contribution in [0.4, 0.5) is 0 Å². The molecule has 3 heteroatoms. The average molecular weight is 197 g/mol. The molecule has 0 aromatic rings. The zero-order valence-corrected chi connectivity index (χ0v) is 9.50. The molecule has 1 aliphatic carbocycles. The van der Waals surface area contributed by atoms with E-state index in [1.165, 1.54) is 25.8 Å². The number of rotatable bonds is 4. The molecule has 1 atom stereocenters. The molecule has 0 spiro atoms. The van der Waals surface area contributed by atoms with Crippen LogP contribution in [0.15, 0.2) is 0 Å². The Balaban J connectivity index is 2.09. The van der Waals surface area contributed by atoms with Gasteiger partial charge in [0.05, 0.1) is 0 Å². The van der Waals surface area contributed by atoms with Gasteiger partial charge in [-0.05, 0) is 39.4 Å². The third kappa shape index (κ3) is 1.69. The molecule has 2 N–H and O–H groups in total. The number of likely N-dealkylation sites (tertiary alicyclic amines) is 1. The molecule has 0 radical (unpaired) electrons. The summed E-state index contributed by atoms with van der Waals surface area (Å²) in [5.41, 5.74) is 6.30. The molecule has 82 valence electrons. The second kappa shape index (κ2) is 3.80. The van der Waals surface area contributed by atoms with Crippen LogP contribution >= 0.6 is 0 Å². The minimum absolute atomic E-state index is 0.296. The quantitative estimate of drug-likeness (QED) is 0.712. The molecule has 0 aromatic carbocycles. The maximum Gasteiger partial charge on any atom is 0.0473 e. The van der Waals surface area contributed by atoms with Crippen molar-refractivity contribution in [2.45, 2.75) is 37.8 Å². The largest absolute Gasteiger partial charge is 0.329 e. The molecule has 1 aliphatic heterocycles. The molecular formula is C11H23N3. The van der Waals surface area contributed by atoms with Crippen molar-refractivity contribution in [2.75, 3.05) is 33.2 Å². The van der Waals surface area contributed by atoms with Gasteiger partial charge in [-0.2, -0.15) is 0 Å². The molecule has 2 rings (SSSR count). The van der Waals surface area contributed by atoms with Crippen LogP contribution in [-0.2, 0) is 0 Å². The van der Waals surface area contributed by atoms with E-state index in [1.54, 1.807) is 0 Å². The normalized spacial score (nSPS) is 34.3. The second-order valence-corrected chi connectivity index (χ2v) is 4.93. The summed E-state index contributed by atoms with van der Waals surface area (Å²) in [5.74, 6) is 0. The predicted molar refractivity (Wildman–Crippen MR) is 59.3 cm³/mol. The van der Waals surface area contributed by atoms with Gasteiger partial charge in [0, 0.05) is 24.7 Å². The molecular weight excluding hydrogens is 174 g/mol. The molecule has 2 aliphatic rings. The Bertz CT molecular complexity index is 203. The Labute approximate surface area is 87.2 Å². The van der Waals surface area contributed by atoms with Gasteiger partial charge in [-0.25, -0.2) is 0 Å². The molecule has 1 heterocycles. The van der Waals surface area contributed by atoms with Crippen LogP contribution in [0.2, 0.25) is 0 Å². The summed E-state index contributed by atoms with van der Waals surface area (Å²) in [4.78, 5) is 5.08. The first kappa shape index (κ1) is 10.4. The van der Waals surface area contributed by atoms with Gasteiger partial charge in [0.1, 0.15) is 0 Å².